The molecule has 0 bridgehead atoms. The number of aliphatic hydroxyl groups excluding tert-OH is 3. The van der Waals surface area contributed by atoms with Crippen LogP contribution in [0.25, 0.3) is 0 Å². The van der Waals surface area contributed by atoms with E-state index in [0.717, 1.165) is 25.2 Å². The second-order valence-corrected chi connectivity index (χ2v) is 15.9. The van der Waals surface area contributed by atoms with Crippen molar-refractivity contribution in [2.75, 3.05) is 6.61 Å². The molecule has 3 N–H and O–H groups in total. The van der Waals surface area contributed by atoms with E-state index in [1.165, 1.54) is 50.5 Å². The van der Waals surface area contributed by atoms with Gasteiger partial charge in [-0.25, -0.2) is 0 Å². The monoisotopic (exact) mass is 500 g/mol. The SMILES string of the molecule is C=C(C)C(CC[C@@H](CO)[C@H]1CC[C@@]2(C)[C@@H]3CC[C@H]4C(C)(C)[C@@H](O)[C@H](O)C[C@@]45C[C@@]35CC[C@]12C)C(C)C. The topological polar surface area (TPSA) is 60.7 Å². The molecule has 0 heterocycles. The van der Waals surface area contributed by atoms with Crippen molar-refractivity contribution in [2.24, 2.45) is 62.6 Å². The van der Waals surface area contributed by atoms with E-state index in [-0.39, 0.29) is 16.2 Å². The molecule has 0 aromatic rings. The summed E-state index contributed by atoms with van der Waals surface area (Å²) < 4.78 is 0. The van der Waals surface area contributed by atoms with E-state index in [2.05, 4.69) is 55.0 Å². The minimum atomic E-state index is -0.596. The minimum Gasteiger partial charge on any atom is -0.396 e. The van der Waals surface area contributed by atoms with Crippen LogP contribution in [0.15, 0.2) is 12.2 Å². The molecule has 206 valence electrons. The lowest BCUT2D eigenvalue weighted by atomic mass is 9.41. The Labute approximate surface area is 221 Å². The van der Waals surface area contributed by atoms with Gasteiger partial charge in [0, 0.05) is 6.61 Å². The summed E-state index contributed by atoms with van der Waals surface area (Å²) in [5.41, 5.74) is 2.30. The van der Waals surface area contributed by atoms with E-state index in [4.69, 9.17) is 0 Å². The van der Waals surface area contributed by atoms with Crippen molar-refractivity contribution < 1.29 is 15.3 Å². The molecule has 0 radical (unpaired) electrons. The molecule has 3 heteroatoms. The second-order valence-electron chi connectivity index (χ2n) is 15.9. The molecular weight excluding hydrogens is 444 g/mol. The van der Waals surface area contributed by atoms with Crippen LogP contribution in [0.4, 0.5) is 0 Å². The Bertz CT molecular complexity index is 878. The Morgan fingerprint density at radius 1 is 0.889 bits per heavy atom. The average molecular weight is 501 g/mol. The maximum Gasteiger partial charge on any atom is 0.0852 e. The smallest absolute Gasteiger partial charge is 0.0852 e. The first-order chi connectivity index (χ1) is 16.7. The molecule has 0 amide bonds. The van der Waals surface area contributed by atoms with Gasteiger partial charge in [0.15, 0.2) is 0 Å². The maximum absolute atomic E-state index is 11.0. The fourth-order valence-corrected chi connectivity index (χ4v) is 12.2. The molecule has 5 rings (SSSR count). The highest BCUT2D eigenvalue weighted by Crippen LogP contribution is 2.89. The first-order valence-electron chi connectivity index (χ1n) is 15.3. The zero-order valence-corrected chi connectivity index (χ0v) is 24.4. The van der Waals surface area contributed by atoms with Gasteiger partial charge in [-0.3, -0.25) is 0 Å². The van der Waals surface area contributed by atoms with Gasteiger partial charge in [0.1, 0.15) is 0 Å². The molecule has 11 atom stereocenters. The van der Waals surface area contributed by atoms with Crippen molar-refractivity contribution >= 4 is 0 Å². The average Bonchev–Trinajstić information content (AvgIpc) is 3.37. The van der Waals surface area contributed by atoms with Crippen LogP contribution in [0.1, 0.15) is 113 Å². The molecule has 5 saturated carbocycles. The first-order valence-corrected chi connectivity index (χ1v) is 15.3. The number of hydrogen-bond donors (Lipinski definition) is 3. The summed E-state index contributed by atoms with van der Waals surface area (Å²) in [4.78, 5) is 0. The summed E-state index contributed by atoms with van der Waals surface area (Å²) in [7, 11) is 0. The molecule has 0 aliphatic heterocycles. The standard InChI is InChI=1S/C33H56O3/c1-20(2)23(21(3)4)10-9-22(18-34)24-13-14-31(8)27-12-11-26-29(5,6)28(36)25(35)17-33(26)19-32(27,33)16-15-30(24,31)7/h21-28,34-36H,1,9-19H2,2-8H3/t22-,23?,24+,25+,26-,27-,28-,30+,31-,32-,33+/m0/s1. The van der Waals surface area contributed by atoms with E-state index in [9.17, 15) is 15.3 Å². The summed E-state index contributed by atoms with van der Waals surface area (Å²) in [6, 6.07) is 0. The fraction of sp³-hybridized carbons (Fsp3) is 0.939. The molecular formula is C33H56O3. The van der Waals surface area contributed by atoms with E-state index in [0.29, 0.717) is 47.0 Å². The molecule has 5 fully saturated rings. The molecule has 5 aliphatic carbocycles. The van der Waals surface area contributed by atoms with E-state index >= 15 is 0 Å². The Hall–Kier alpha value is -0.380. The lowest BCUT2D eigenvalue weighted by Crippen LogP contribution is -2.60. The summed E-state index contributed by atoms with van der Waals surface area (Å²) >= 11 is 0. The van der Waals surface area contributed by atoms with Crippen LogP contribution in [0.5, 0.6) is 0 Å². The van der Waals surface area contributed by atoms with Gasteiger partial charge in [-0.1, -0.05) is 53.7 Å². The van der Waals surface area contributed by atoms with Gasteiger partial charge in [-0.05, 0) is 134 Å². The number of allylic oxidation sites excluding steroid dienone is 1. The normalized spacial score (nSPS) is 50.5. The molecule has 36 heavy (non-hydrogen) atoms. The van der Waals surface area contributed by atoms with Crippen molar-refractivity contribution in [3.05, 3.63) is 12.2 Å². The van der Waals surface area contributed by atoms with E-state index < -0.39 is 12.2 Å². The van der Waals surface area contributed by atoms with Gasteiger partial charge in [0.25, 0.3) is 0 Å². The van der Waals surface area contributed by atoms with Crippen LogP contribution < -0.4 is 0 Å². The molecule has 0 aromatic heterocycles. The lowest BCUT2D eigenvalue weighted by molar-refractivity contribution is -0.191. The molecule has 5 aliphatic rings. The Balaban J connectivity index is 1.40. The Morgan fingerprint density at radius 3 is 2.17 bits per heavy atom. The van der Waals surface area contributed by atoms with Crippen LogP contribution in [0.3, 0.4) is 0 Å². The summed E-state index contributed by atoms with van der Waals surface area (Å²) in [5.74, 6) is 3.40. The Morgan fingerprint density at radius 2 is 1.56 bits per heavy atom. The van der Waals surface area contributed by atoms with Crippen LogP contribution >= 0.6 is 0 Å². The molecule has 3 nitrogen and oxygen atoms in total. The zero-order chi connectivity index (χ0) is 26.5. The fourth-order valence-electron chi connectivity index (χ4n) is 12.2. The highest BCUT2D eigenvalue weighted by molar-refractivity contribution is 5.31. The summed E-state index contributed by atoms with van der Waals surface area (Å²) in [6.45, 7) is 21.1. The first kappa shape index (κ1) is 27.2. The summed E-state index contributed by atoms with van der Waals surface area (Å²) in [6.07, 6.45) is 10.8. The van der Waals surface area contributed by atoms with Gasteiger partial charge in [-0.15, -0.1) is 0 Å². The number of fused-ring (bicyclic) bond motifs is 2. The van der Waals surface area contributed by atoms with Gasteiger partial charge in [-0.2, -0.15) is 0 Å². The van der Waals surface area contributed by atoms with Crippen LogP contribution in [-0.4, -0.2) is 34.1 Å². The van der Waals surface area contributed by atoms with E-state index in [1.54, 1.807) is 0 Å². The number of rotatable bonds is 7. The van der Waals surface area contributed by atoms with Crippen molar-refractivity contribution in [2.45, 2.75) is 125 Å². The Kier molecular flexibility index (Phi) is 6.47. The molecule has 0 aromatic carbocycles. The second kappa shape index (κ2) is 8.56. The third kappa shape index (κ3) is 3.33. The van der Waals surface area contributed by atoms with Crippen LogP contribution in [0, 0.1) is 62.6 Å². The van der Waals surface area contributed by atoms with Gasteiger partial charge >= 0.3 is 0 Å². The van der Waals surface area contributed by atoms with Crippen LogP contribution in [0.2, 0.25) is 0 Å². The number of hydrogen-bond acceptors (Lipinski definition) is 3. The lowest BCUT2D eigenvalue weighted by Gasteiger charge is -2.63. The largest absolute Gasteiger partial charge is 0.396 e. The predicted octanol–water partition coefficient (Wildman–Crippen LogP) is 6.99. The molecule has 2 spiro atoms. The van der Waals surface area contributed by atoms with Gasteiger partial charge < -0.3 is 15.3 Å². The van der Waals surface area contributed by atoms with Gasteiger partial charge in [0.05, 0.1) is 12.2 Å². The van der Waals surface area contributed by atoms with Gasteiger partial charge in [0.2, 0.25) is 0 Å². The maximum atomic E-state index is 11.0. The number of aliphatic hydroxyl groups is 3. The van der Waals surface area contributed by atoms with E-state index in [1.807, 2.05) is 0 Å². The van der Waals surface area contributed by atoms with Crippen molar-refractivity contribution in [1.29, 1.82) is 0 Å². The zero-order valence-electron chi connectivity index (χ0n) is 24.4. The molecule has 0 saturated heterocycles. The highest BCUT2D eigenvalue weighted by atomic mass is 16.3. The summed E-state index contributed by atoms with van der Waals surface area (Å²) in [5, 5.41) is 32.5. The highest BCUT2D eigenvalue weighted by Gasteiger charge is 2.83. The third-order valence-corrected chi connectivity index (χ3v) is 14.2. The minimum absolute atomic E-state index is 0.204. The third-order valence-electron chi connectivity index (χ3n) is 14.2. The quantitative estimate of drug-likeness (QED) is 0.330. The van der Waals surface area contributed by atoms with Crippen LogP contribution in [-0.2, 0) is 0 Å². The van der Waals surface area contributed by atoms with Crippen molar-refractivity contribution in [1.82, 2.24) is 0 Å². The predicted molar refractivity (Wildman–Crippen MR) is 147 cm³/mol. The molecule has 1 unspecified atom stereocenters. The van der Waals surface area contributed by atoms with Crippen molar-refractivity contribution in [3.8, 4) is 0 Å². The van der Waals surface area contributed by atoms with Crippen molar-refractivity contribution in [3.63, 3.8) is 0 Å².